The van der Waals surface area contributed by atoms with Gasteiger partial charge in [0.05, 0.1) is 0 Å². The smallest absolute Gasteiger partial charge is 0.00389 e. The third kappa shape index (κ3) is 1.31. The predicted octanol–water partition coefficient (Wildman–Crippen LogP) is 2.27. The Labute approximate surface area is 69.8 Å². The summed E-state index contributed by atoms with van der Waals surface area (Å²) in [5.74, 6) is 0. The molecule has 2 heterocycles. The Morgan fingerprint density at radius 1 is 1.27 bits per heavy atom. The summed E-state index contributed by atoms with van der Waals surface area (Å²) in [4.78, 5) is 2.63. The number of fused-ring (bicyclic) bond motifs is 2. The molecule has 0 aromatic carbocycles. The van der Waals surface area contributed by atoms with Crippen LogP contribution in [0.4, 0.5) is 0 Å². The summed E-state index contributed by atoms with van der Waals surface area (Å²) in [6, 6.07) is 0. The maximum absolute atomic E-state index is 2.63. The normalized spacial score (nSPS) is 41.7. The molecule has 1 heteroatoms. The van der Waals surface area contributed by atoms with Gasteiger partial charge in [0.15, 0.2) is 0 Å². The minimum absolute atomic E-state index is 0.788. The van der Waals surface area contributed by atoms with Crippen molar-refractivity contribution in [3.05, 3.63) is 0 Å². The molecule has 11 heavy (non-hydrogen) atoms. The predicted molar refractivity (Wildman–Crippen MR) is 47.6 cm³/mol. The first-order valence-electron chi connectivity index (χ1n) is 5.07. The monoisotopic (exact) mass is 153 g/mol. The Kier molecular flexibility index (Phi) is 1.92. The molecule has 0 amide bonds. The van der Waals surface area contributed by atoms with Gasteiger partial charge in [0, 0.05) is 6.54 Å². The van der Waals surface area contributed by atoms with Crippen LogP contribution in [0.3, 0.4) is 0 Å². The average molecular weight is 153 g/mol. The highest BCUT2D eigenvalue weighted by Crippen LogP contribution is 2.43. The Morgan fingerprint density at radius 2 is 2.00 bits per heavy atom. The van der Waals surface area contributed by atoms with E-state index in [0.717, 1.165) is 5.41 Å². The van der Waals surface area contributed by atoms with E-state index in [1.54, 1.807) is 0 Å². The van der Waals surface area contributed by atoms with E-state index in [1.807, 2.05) is 0 Å². The highest BCUT2D eigenvalue weighted by Gasteiger charge is 2.42. The van der Waals surface area contributed by atoms with Crippen molar-refractivity contribution in [2.24, 2.45) is 5.41 Å². The molecular formula is C10H19N. The van der Waals surface area contributed by atoms with Gasteiger partial charge in [-0.3, -0.25) is 0 Å². The van der Waals surface area contributed by atoms with Gasteiger partial charge in [-0.1, -0.05) is 19.8 Å². The zero-order valence-electron chi connectivity index (χ0n) is 7.60. The van der Waals surface area contributed by atoms with Crippen molar-refractivity contribution in [1.82, 2.24) is 4.90 Å². The van der Waals surface area contributed by atoms with E-state index in [1.165, 1.54) is 51.7 Å². The largest absolute Gasteiger partial charge is 0.303 e. The van der Waals surface area contributed by atoms with Crippen molar-refractivity contribution in [3.63, 3.8) is 0 Å². The summed E-state index contributed by atoms with van der Waals surface area (Å²) in [6.07, 6.45) is 7.32. The van der Waals surface area contributed by atoms with Crippen LogP contribution in [0.2, 0.25) is 0 Å². The summed E-state index contributed by atoms with van der Waals surface area (Å²) >= 11 is 0. The van der Waals surface area contributed by atoms with Crippen LogP contribution in [0.5, 0.6) is 0 Å². The molecule has 2 fully saturated rings. The van der Waals surface area contributed by atoms with E-state index in [4.69, 9.17) is 0 Å². The zero-order chi connectivity index (χ0) is 7.73. The van der Waals surface area contributed by atoms with Gasteiger partial charge < -0.3 is 4.90 Å². The topological polar surface area (TPSA) is 3.24 Å². The fourth-order valence-corrected chi connectivity index (χ4v) is 2.70. The fraction of sp³-hybridized carbons (Fsp3) is 1.00. The van der Waals surface area contributed by atoms with Crippen LogP contribution in [0.1, 0.15) is 39.0 Å². The number of hydrogen-bond donors (Lipinski definition) is 0. The van der Waals surface area contributed by atoms with Crippen molar-refractivity contribution in [3.8, 4) is 0 Å². The molecule has 0 aromatic heterocycles. The van der Waals surface area contributed by atoms with Crippen molar-refractivity contribution >= 4 is 0 Å². The Balaban J connectivity index is 1.89. The molecule has 0 N–H and O–H groups in total. The minimum atomic E-state index is 0.788. The molecule has 2 aliphatic heterocycles. The number of nitrogens with zero attached hydrogens (tertiary/aromatic N) is 1. The van der Waals surface area contributed by atoms with Crippen LogP contribution in [0, 0.1) is 5.41 Å². The second kappa shape index (κ2) is 2.78. The first kappa shape index (κ1) is 7.60. The molecule has 0 aliphatic carbocycles. The maximum atomic E-state index is 2.63. The molecule has 0 unspecified atom stereocenters. The van der Waals surface area contributed by atoms with E-state index in [9.17, 15) is 0 Å². The van der Waals surface area contributed by atoms with Gasteiger partial charge in [-0.25, -0.2) is 0 Å². The number of hydrogen-bond acceptors (Lipinski definition) is 1. The molecule has 2 bridgehead atoms. The highest BCUT2D eigenvalue weighted by atomic mass is 15.2. The molecule has 1 nitrogen and oxygen atoms in total. The summed E-state index contributed by atoms with van der Waals surface area (Å²) in [5.41, 5.74) is 0.788. The second-order valence-corrected chi connectivity index (χ2v) is 4.38. The summed E-state index contributed by atoms with van der Waals surface area (Å²) in [6.45, 7) is 6.51. The van der Waals surface area contributed by atoms with Crippen molar-refractivity contribution in [1.29, 1.82) is 0 Å². The van der Waals surface area contributed by atoms with Crippen molar-refractivity contribution < 1.29 is 0 Å². The second-order valence-electron chi connectivity index (χ2n) is 4.38. The molecule has 2 aliphatic rings. The van der Waals surface area contributed by atoms with Gasteiger partial charge in [-0.15, -0.1) is 0 Å². The first-order chi connectivity index (χ1) is 5.35. The van der Waals surface area contributed by atoms with Crippen molar-refractivity contribution in [2.45, 2.75) is 39.0 Å². The lowest BCUT2D eigenvalue weighted by Gasteiger charge is -2.24. The van der Waals surface area contributed by atoms with Crippen molar-refractivity contribution in [2.75, 3.05) is 19.6 Å². The minimum Gasteiger partial charge on any atom is -0.303 e. The Morgan fingerprint density at radius 3 is 2.45 bits per heavy atom. The average Bonchev–Trinajstić information content (AvgIpc) is 2.60. The molecule has 64 valence electrons. The van der Waals surface area contributed by atoms with E-state index >= 15 is 0 Å². The van der Waals surface area contributed by atoms with Crippen LogP contribution in [-0.4, -0.2) is 24.5 Å². The SMILES string of the molecule is CCCCC12CCN(CC1)C2. The van der Waals surface area contributed by atoms with Crippen LogP contribution in [-0.2, 0) is 0 Å². The third-order valence-electron chi connectivity index (χ3n) is 3.54. The van der Waals surface area contributed by atoms with Crippen LogP contribution in [0.25, 0.3) is 0 Å². The van der Waals surface area contributed by atoms with Gasteiger partial charge >= 0.3 is 0 Å². The van der Waals surface area contributed by atoms with Crippen LogP contribution in [0.15, 0.2) is 0 Å². The van der Waals surface area contributed by atoms with E-state index in [0.29, 0.717) is 0 Å². The molecule has 0 radical (unpaired) electrons. The quantitative estimate of drug-likeness (QED) is 0.601. The standard InChI is InChI=1S/C10H19N/c1-2-3-4-10-5-7-11(9-10)8-6-10/h2-9H2,1H3. The lowest BCUT2D eigenvalue weighted by atomic mass is 9.80. The summed E-state index contributed by atoms with van der Waals surface area (Å²) in [7, 11) is 0. The van der Waals surface area contributed by atoms with Gasteiger partial charge in [0.2, 0.25) is 0 Å². The van der Waals surface area contributed by atoms with E-state index < -0.39 is 0 Å². The maximum Gasteiger partial charge on any atom is 0.00389 e. The number of piperidine rings is 1. The lowest BCUT2D eigenvalue weighted by molar-refractivity contribution is 0.289. The lowest BCUT2D eigenvalue weighted by Crippen LogP contribution is -2.19. The molecule has 0 saturated carbocycles. The number of unbranched alkanes of at least 4 members (excludes halogenated alkanes) is 1. The highest BCUT2D eigenvalue weighted by molar-refractivity contribution is 4.96. The fourth-order valence-electron chi connectivity index (χ4n) is 2.70. The number of rotatable bonds is 3. The van der Waals surface area contributed by atoms with Crippen LogP contribution >= 0.6 is 0 Å². The third-order valence-corrected chi connectivity index (χ3v) is 3.54. The van der Waals surface area contributed by atoms with E-state index in [2.05, 4.69) is 11.8 Å². The van der Waals surface area contributed by atoms with Gasteiger partial charge in [-0.05, 0) is 37.8 Å². The van der Waals surface area contributed by atoms with Gasteiger partial charge in [0.25, 0.3) is 0 Å². The molecule has 0 aromatic rings. The molecular weight excluding hydrogens is 134 g/mol. The molecule has 0 atom stereocenters. The molecule has 2 rings (SSSR count). The first-order valence-corrected chi connectivity index (χ1v) is 5.07. The van der Waals surface area contributed by atoms with Gasteiger partial charge in [0.1, 0.15) is 0 Å². The Bertz CT molecular complexity index is 134. The summed E-state index contributed by atoms with van der Waals surface area (Å²) < 4.78 is 0. The Hall–Kier alpha value is -0.0400. The molecule has 2 saturated heterocycles. The van der Waals surface area contributed by atoms with Gasteiger partial charge in [-0.2, -0.15) is 0 Å². The zero-order valence-corrected chi connectivity index (χ0v) is 7.60. The van der Waals surface area contributed by atoms with Crippen LogP contribution < -0.4 is 0 Å². The summed E-state index contributed by atoms with van der Waals surface area (Å²) in [5, 5.41) is 0. The molecule has 0 spiro atoms. The van der Waals surface area contributed by atoms with E-state index in [-0.39, 0.29) is 0 Å².